The summed E-state index contributed by atoms with van der Waals surface area (Å²) in [6.45, 7) is 3.73. The van der Waals surface area contributed by atoms with Gasteiger partial charge in [-0.15, -0.1) is 15.3 Å². The minimum atomic E-state index is 0.380. The van der Waals surface area contributed by atoms with Crippen LogP contribution < -0.4 is 9.80 Å². The Morgan fingerprint density at radius 2 is 2.00 bits per heavy atom. The minimum absolute atomic E-state index is 0.380. The Balaban J connectivity index is 1.37. The van der Waals surface area contributed by atoms with Crippen molar-refractivity contribution in [2.45, 2.75) is 13.0 Å². The van der Waals surface area contributed by atoms with Crippen molar-refractivity contribution in [3.63, 3.8) is 0 Å². The first-order chi connectivity index (χ1) is 13.7. The second-order valence-corrected chi connectivity index (χ2v) is 6.91. The zero-order chi connectivity index (χ0) is 19.1. The smallest absolute Gasteiger partial charge is 0.187 e. The largest absolute Gasteiger partial charge is 0.353 e. The summed E-state index contributed by atoms with van der Waals surface area (Å²) in [4.78, 5) is 17.1. The molecule has 28 heavy (non-hydrogen) atoms. The number of aromatic nitrogens is 7. The molecule has 0 amide bonds. The lowest BCUT2D eigenvalue weighted by Gasteiger charge is -2.44. The summed E-state index contributed by atoms with van der Waals surface area (Å²) in [5, 5.41) is 13.2. The van der Waals surface area contributed by atoms with Crippen LogP contribution in [0.25, 0.3) is 17.0 Å². The lowest BCUT2D eigenvalue weighted by molar-refractivity contribution is 0.487. The topological polar surface area (TPSA) is 88.2 Å². The summed E-state index contributed by atoms with van der Waals surface area (Å²) < 4.78 is 1.77. The SMILES string of the molecule is Cc1cc(N(C)C2CN(c3ccc4nnc(-c5cccnc5)n4n3)C2)ncn1. The fourth-order valence-electron chi connectivity index (χ4n) is 3.33. The maximum atomic E-state index is 4.76. The van der Waals surface area contributed by atoms with Crippen molar-refractivity contribution in [3.8, 4) is 11.4 Å². The molecular formula is C19H19N9. The van der Waals surface area contributed by atoms with Gasteiger partial charge in [0.2, 0.25) is 0 Å². The molecule has 140 valence electrons. The molecule has 0 saturated carbocycles. The van der Waals surface area contributed by atoms with Gasteiger partial charge in [-0.1, -0.05) is 0 Å². The third-order valence-electron chi connectivity index (χ3n) is 5.05. The molecule has 0 bridgehead atoms. The first-order valence-corrected chi connectivity index (χ1v) is 9.08. The average molecular weight is 373 g/mol. The third kappa shape index (κ3) is 2.81. The Kier molecular flexibility index (Phi) is 3.85. The quantitative estimate of drug-likeness (QED) is 0.533. The maximum absolute atomic E-state index is 4.76. The van der Waals surface area contributed by atoms with Crippen molar-refractivity contribution in [3.05, 3.63) is 54.7 Å². The van der Waals surface area contributed by atoms with Crippen molar-refractivity contribution in [2.75, 3.05) is 29.9 Å². The Morgan fingerprint density at radius 3 is 2.79 bits per heavy atom. The molecule has 9 nitrogen and oxygen atoms in total. The summed E-state index contributed by atoms with van der Waals surface area (Å²) in [6.07, 6.45) is 5.11. The predicted octanol–water partition coefficient (Wildman–Crippen LogP) is 1.61. The second kappa shape index (κ2) is 6.52. The molecule has 1 fully saturated rings. The molecule has 0 radical (unpaired) electrons. The van der Waals surface area contributed by atoms with E-state index in [4.69, 9.17) is 5.10 Å². The molecule has 5 rings (SSSR count). The molecule has 0 unspecified atom stereocenters. The zero-order valence-corrected chi connectivity index (χ0v) is 15.6. The molecule has 9 heteroatoms. The van der Waals surface area contributed by atoms with Crippen molar-refractivity contribution in [1.82, 2.24) is 34.8 Å². The number of likely N-dealkylation sites (N-methyl/N-ethyl adjacent to an activating group) is 1. The number of hydrogen-bond acceptors (Lipinski definition) is 8. The Hall–Kier alpha value is -3.62. The molecule has 0 N–H and O–H groups in total. The molecule has 1 aliphatic rings. The Labute approximate surface area is 161 Å². The Bertz CT molecular complexity index is 1120. The van der Waals surface area contributed by atoms with Gasteiger partial charge in [0, 0.05) is 49.9 Å². The molecule has 5 heterocycles. The van der Waals surface area contributed by atoms with E-state index in [9.17, 15) is 0 Å². The molecule has 0 aliphatic carbocycles. The van der Waals surface area contributed by atoms with E-state index in [0.29, 0.717) is 17.5 Å². The van der Waals surface area contributed by atoms with Gasteiger partial charge in [-0.3, -0.25) is 4.98 Å². The monoisotopic (exact) mass is 373 g/mol. The van der Waals surface area contributed by atoms with E-state index in [0.717, 1.165) is 36.0 Å². The molecule has 0 atom stereocenters. The van der Waals surface area contributed by atoms with E-state index in [-0.39, 0.29) is 0 Å². The number of anilines is 2. The summed E-state index contributed by atoms with van der Waals surface area (Å²) in [5.41, 5.74) is 2.57. The van der Waals surface area contributed by atoms with Crippen LogP contribution >= 0.6 is 0 Å². The molecule has 1 aliphatic heterocycles. The van der Waals surface area contributed by atoms with Crippen LogP contribution in [0.4, 0.5) is 11.6 Å². The van der Waals surface area contributed by atoms with Crippen molar-refractivity contribution >= 4 is 17.3 Å². The summed E-state index contributed by atoms with van der Waals surface area (Å²) >= 11 is 0. The molecule has 0 spiro atoms. The molecule has 1 saturated heterocycles. The molecule has 0 aromatic carbocycles. The second-order valence-electron chi connectivity index (χ2n) is 6.91. The van der Waals surface area contributed by atoms with E-state index in [1.807, 2.05) is 37.3 Å². The summed E-state index contributed by atoms with van der Waals surface area (Å²) in [6, 6.07) is 10.2. The highest BCUT2D eigenvalue weighted by atomic mass is 15.4. The number of pyridine rings is 1. The first kappa shape index (κ1) is 16.5. The van der Waals surface area contributed by atoms with Gasteiger partial charge >= 0.3 is 0 Å². The zero-order valence-electron chi connectivity index (χ0n) is 15.6. The van der Waals surface area contributed by atoms with Crippen molar-refractivity contribution in [1.29, 1.82) is 0 Å². The van der Waals surface area contributed by atoms with Gasteiger partial charge in [0.1, 0.15) is 18.0 Å². The molecule has 4 aromatic heterocycles. The Morgan fingerprint density at radius 1 is 1.11 bits per heavy atom. The highest BCUT2D eigenvalue weighted by Crippen LogP contribution is 2.25. The van der Waals surface area contributed by atoms with Crippen LogP contribution in [0.5, 0.6) is 0 Å². The van der Waals surface area contributed by atoms with Crippen LogP contribution in [-0.2, 0) is 0 Å². The van der Waals surface area contributed by atoms with Gasteiger partial charge in [0.15, 0.2) is 11.5 Å². The van der Waals surface area contributed by atoms with Crippen LogP contribution in [0.15, 0.2) is 49.1 Å². The van der Waals surface area contributed by atoms with Gasteiger partial charge in [0.25, 0.3) is 0 Å². The van der Waals surface area contributed by atoms with E-state index in [2.05, 4.69) is 42.0 Å². The van der Waals surface area contributed by atoms with E-state index < -0.39 is 0 Å². The number of hydrogen-bond donors (Lipinski definition) is 0. The third-order valence-corrected chi connectivity index (χ3v) is 5.05. The molecule has 4 aromatic rings. The van der Waals surface area contributed by atoms with Crippen LogP contribution in [0.2, 0.25) is 0 Å². The van der Waals surface area contributed by atoms with Crippen molar-refractivity contribution < 1.29 is 0 Å². The van der Waals surface area contributed by atoms with E-state index in [1.54, 1.807) is 23.2 Å². The van der Waals surface area contributed by atoms with Crippen LogP contribution in [0.3, 0.4) is 0 Å². The number of rotatable bonds is 4. The lowest BCUT2D eigenvalue weighted by Crippen LogP contribution is -2.59. The molecular weight excluding hydrogens is 354 g/mol. The van der Waals surface area contributed by atoms with Crippen LogP contribution in [-0.4, -0.2) is 60.9 Å². The van der Waals surface area contributed by atoms with E-state index >= 15 is 0 Å². The highest BCUT2D eigenvalue weighted by Gasteiger charge is 2.32. The predicted molar refractivity (Wildman–Crippen MR) is 105 cm³/mol. The average Bonchev–Trinajstić information content (AvgIpc) is 3.11. The number of aryl methyl sites for hydroxylation is 1. The standard InChI is InChI=1S/C19H19N9/c1-13-8-18(22-12-21-13)26(2)15-10-27(11-15)17-6-5-16-23-24-19(28(16)25-17)14-4-3-7-20-9-14/h3-9,12,15H,10-11H2,1-2H3. The minimum Gasteiger partial charge on any atom is -0.353 e. The van der Waals surface area contributed by atoms with Crippen molar-refractivity contribution in [2.24, 2.45) is 0 Å². The van der Waals surface area contributed by atoms with Crippen LogP contribution in [0, 0.1) is 6.92 Å². The summed E-state index contributed by atoms with van der Waals surface area (Å²) in [5.74, 6) is 2.54. The van der Waals surface area contributed by atoms with Gasteiger partial charge in [-0.2, -0.15) is 4.52 Å². The van der Waals surface area contributed by atoms with Gasteiger partial charge in [-0.05, 0) is 31.2 Å². The van der Waals surface area contributed by atoms with E-state index in [1.165, 1.54) is 0 Å². The van der Waals surface area contributed by atoms with Crippen LogP contribution in [0.1, 0.15) is 5.69 Å². The normalized spacial score (nSPS) is 14.3. The van der Waals surface area contributed by atoms with Gasteiger partial charge in [0.05, 0.1) is 6.04 Å². The fourth-order valence-corrected chi connectivity index (χ4v) is 3.33. The lowest BCUT2D eigenvalue weighted by atomic mass is 10.1. The first-order valence-electron chi connectivity index (χ1n) is 9.08. The number of nitrogens with zero attached hydrogens (tertiary/aromatic N) is 9. The number of fused-ring (bicyclic) bond motifs is 1. The van der Waals surface area contributed by atoms with Gasteiger partial charge in [-0.25, -0.2) is 9.97 Å². The highest BCUT2D eigenvalue weighted by molar-refractivity contribution is 5.59. The fraction of sp³-hybridized carbons (Fsp3) is 0.263. The van der Waals surface area contributed by atoms with Gasteiger partial charge < -0.3 is 9.80 Å². The summed E-state index contributed by atoms with van der Waals surface area (Å²) in [7, 11) is 2.07. The maximum Gasteiger partial charge on any atom is 0.187 e.